The van der Waals surface area contributed by atoms with Crippen molar-refractivity contribution in [2.45, 2.75) is 6.18 Å². The number of pyridine rings is 1. The molecule has 0 aliphatic carbocycles. The Morgan fingerprint density at radius 3 is 2.61 bits per heavy atom. The highest BCUT2D eigenvalue weighted by Crippen LogP contribution is 2.33. The Balaban J connectivity index is 2.07. The highest BCUT2D eigenvalue weighted by Gasteiger charge is 2.37. The third-order valence-electron chi connectivity index (χ3n) is 3.19. The van der Waals surface area contributed by atoms with Gasteiger partial charge in [0.25, 0.3) is 0 Å². The maximum absolute atomic E-state index is 13.3. The van der Waals surface area contributed by atoms with Crippen molar-refractivity contribution >= 4 is 5.82 Å². The van der Waals surface area contributed by atoms with Crippen LogP contribution in [0.2, 0.25) is 0 Å². The Morgan fingerprint density at radius 2 is 2.04 bits per heavy atom. The van der Waals surface area contributed by atoms with Crippen molar-refractivity contribution < 1.29 is 13.2 Å². The van der Waals surface area contributed by atoms with Gasteiger partial charge in [0.2, 0.25) is 0 Å². The Hall–Kier alpha value is -2.97. The Morgan fingerprint density at radius 1 is 1.22 bits per heavy atom. The molecule has 0 amide bonds. The molecule has 0 saturated carbocycles. The van der Waals surface area contributed by atoms with E-state index in [1.165, 1.54) is 12.3 Å². The molecular formula is C14H13F3N6. The van der Waals surface area contributed by atoms with E-state index >= 15 is 0 Å². The van der Waals surface area contributed by atoms with Gasteiger partial charge in [0.1, 0.15) is 11.6 Å². The molecule has 0 bridgehead atoms. The normalized spacial score (nSPS) is 14.4. The average Bonchev–Trinajstić information content (AvgIpc) is 3.01. The number of aromatic nitrogens is 3. The standard InChI is InChI=1S/C14H13F3N6/c1-18-12-4-5-13(21-20-12)23-11(14(15,16)17)7-10(22-23)9-3-2-6-19-8-9/h2-8,18,20-21H,1H3. The predicted octanol–water partition coefficient (Wildman–Crippen LogP) is 1.93. The topological polar surface area (TPSA) is 66.8 Å². The molecule has 120 valence electrons. The fourth-order valence-corrected chi connectivity index (χ4v) is 2.07. The van der Waals surface area contributed by atoms with Crippen molar-refractivity contribution in [1.82, 2.24) is 30.9 Å². The summed E-state index contributed by atoms with van der Waals surface area (Å²) in [6, 6.07) is 4.29. The van der Waals surface area contributed by atoms with E-state index in [1.807, 2.05) is 0 Å². The van der Waals surface area contributed by atoms with Crippen LogP contribution in [0.4, 0.5) is 13.2 Å². The number of halogens is 3. The lowest BCUT2D eigenvalue weighted by molar-refractivity contribution is -0.142. The van der Waals surface area contributed by atoms with E-state index in [-0.39, 0.29) is 11.5 Å². The van der Waals surface area contributed by atoms with Gasteiger partial charge in [0.15, 0.2) is 5.69 Å². The minimum Gasteiger partial charge on any atom is -0.374 e. The first-order valence-corrected chi connectivity index (χ1v) is 6.69. The van der Waals surface area contributed by atoms with Gasteiger partial charge >= 0.3 is 6.18 Å². The monoisotopic (exact) mass is 322 g/mol. The van der Waals surface area contributed by atoms with Crippen molar-refractivity contribution in [1.29, 1.82) is 0 Å². The average molecular weight is 322 g/mol. The van der Waals surface area contributed by atoms with Crippen molar-refractivity contribution in [3.05, 3.63) is 54.3 Å². The molecule has 3 heterocycles. The van der Waals surface area contributed by atoms with Crippen LogP contribution in [-0.4, -0.2) is 21.8 Å². The van der Waals surface area contributed by atoms with Crippen molar-refractivity contribution in [2.24, 2.45) is 0 Å². The van der Waals surface area contributed by atoms with E-state index in [4.69, 9.17) is 0 Å². The molecule has 2 aromatic rings. The zero-order valence-electron chi connectivity index (χ0n) is 12.0. The molecule has 0 spiro atoms. The van der Waals surface area contributed by atoms with Gasteiger partial charge in [-0.3, -0.25) is 15.8 Å². The molecule has 0 aromatic carbocycles. The first-order valence-electron chi connectivity index (χ1n) is 6.69. The van der Waals surface area contributed by atoms with Gasteiger partial charge in [-0.25, -0.2) is 4.68 Å². The molecule has 0 radical (unpaired) electrons. The quantitative estimate of drug-likeness (QED) is 0.806. The van der Waals surface area contributed by atoms with Crippen LogP contribution < -0.4 is 16.2 Å². The molecule has 0 unspecified atom stereocenters. The Kier molecular flexibility index (Phi) is 3.68. The van der Waals surface area contributed by atoms with Crippen molar-refractivity contribution in [3.63, 3.8) is 0 Å². The fraction of sp³-hybridized carbons (Fsp3) is 0.143. The molecule has 1 aliphatic heterocycles. The predicted molar refractivity (Wildman–Crippen MR) is 78.1 cm³/mol. The second-order valence-corrected chi connectivity index (χ2v) is 4.70. The summed E-state index contributed by atoms with van der Waals surface area (Å²) in [7, 11) is 1.69. The number of rotatable bonds is 3. The fourth-order valence-electron chi connectivity index (χ4n) is 2.07. The second-order valence-electron chi connectivity index (χ2n) is 4.70. The summed E-state index contributed by atoms with van der Waals surface area (Å²) in [6.07, 6.45) is 1.58. The molecule has 6 nitrogen and oxygen atoms in total. The summed E-state index contributed by atoms with van der Waals surface area (Å²) >= 11 is 0. The number of nitrogens with one attached hydrogen (secondary N) is 3. The third-order valence-corrected chi connectivity index (χ3v) is 3.19. The number of nitrogens with zero attached hydrogens (tertiary/aromatic N) is 3. The molecule has 0 atom stereocenters. The van der Waals surface area contributed by atoms with Gasteiger partial charge in [0.05, 0.1) is 5.69 Å². The summed E-state index contributed by atoms with van der Waals surface area (Å²) < 4.78 is 40.7. The third kappa shape index (κ3) is 2.98. The van der Waals surface area contributed by atoms with Gasteiger partial charge in [-0.2, -0.15) is 18.3 Å². The van der Waals surface area contributed by atoms with E-state index in [1.54, 1.807) is 31.5 Å². The minimum absolute atomic E-state index is 0.159. The van der Waals surface area contributed by atoms with Crippen molar-refractivity contribution in [2.75, 3.05) is 7.05 Å². The molecule has 0 saturated heterocycles. The van der Waals surface area contributed by atoms with Gasteiger partial charge in [-0.1, -0.05) is 0 Å². The number of hydrogen-bond donors (Lipinski definition) is 3. The van der Waals surface area contributed by atoms with Crippen LogP contribution >= 0.6 is 0 Å². The van der Waals surface area contributed by atoms with Crippen LogP contribution in [0.1, 0.15) is 5.69 Å². The lowest BCUT2D eigenvalue weighted by Gasteiger charge is -2.20. The van der Waals surface area contributed by atoms with Gasteiger partial charge in [0, 0.05) is 25.0 Å². The molecular weight excluding hydrogens is 309 g/mol. The minimum atomic E-state index is -4.54. The largest absolute Gasteiger partial charge is 0.433 e. The van der Waals surface area contributed by atoms with E-state index < -0.39 is 11.9 Å². The van der Waals surface area contributed by atoms with Crippen LogP contribution in [0.5, 0.6) is 0 Å². The van der Waals surface area contributed by atoms with Crippen LogP contribution in [0.25, 0.3) is 17.1 Å². The van der Waals surface area contributed by atoms with Gasteiger partial charge in [-0.15, -0.1) is 0 Å². The highest BCUT2D eigenvalue weighted by atomic mass is 19.4. The Bertz CT molecular complexity index is 761. The summed E-state index contributed by atoms with van der Waals surface area (Å²) in [5, 5.41) is 6.89. The zero-order chi connectivity index (χ0) is 16.4. The van der Waals surface area contributed by atoms with Crippen LogP contribution in [0, 0.1) is 0 Å². The van der Waals surface area contributed by atoms with Crippen LogP contribution in [0.15, 0.2) is 48.6 Å². The van der Waals surface area contributed by atoms with E-state index in [2.05, 4.69) is 26.3 Å². The maximum Gasteiger partial charge on any atom is 0.433 e. The highest BCUT2D eigenvalue weighted by molar-refractivity contribution is 5.60. The SMILES string of the molecule is CNC1=CC=C(n2nc(-c3cccnc3)cc2C(F)(F)F)NN1. The maximum atomic E-state index is 13.3. The van der Waals surface area contributed by atoms with E-state index in [0.29, 0.717) is 11.4 Å². The molecule has 3 N–H and O–H groups in total. The van der Waals surface area contributed by atoms with Gasteiger partial charge < -0.3 is 5.32 Å². The smallest absolute Gasteiger partial charge is 0.374 e. The zero-order valence-corrected chi connectivity index (χ0v) is 12.0. The second kappa shape index (κ2) is 5.67. The number of alkyl halides is 3. The summed E-state index contributed by atoms with van der Waals surface area (Å²) in [4.78, 5) is 3.90. The Labute approximate surface area is 129 Å². The van der Waals surface area contributed by atoms with Crippen LogP contribution in [-0.2, 0) is 6.18 Å². The lowest BCUT2D eigenvalue weighted by atomic mass is 10.2. The van der Waals surface area contributed by atoms with Crippen LogP contribution in [0.3, 0.4) is 0 Å². The summed E-state index contributed by atoms with van der Waals surface area (Å²) in [5.74, 6) is 0.786. The summed E-state index contributed by atoms with van der Waals surface area (Å²) in [6.45, 7) is 0. The molecule has 1 aliphatic rings. The molecule has 0 fully saturated rings. The van der Waals surface area contributed by atoms with Crippen molar-refractivity contribution in [3.8, 4) is 11.3 Å². The molecule has 9 heteroatoms. The molecule has 3 rings (SSSR count). The summed E-state index contributed by atoms with van der Waals surface area (Å²) in [5.41, 5.74) is 5.24. The number of allylic oxidation sites excluding steroid dienone is 2. The first-order chi connectivity index (χ1) is 11.0. The molecule has 2 aromatic heterocycles. The van der Waals surface area contributed by atoms with E-state index in [0.717, 1.165) is 10.7 Å². The number of hydrogen-bond acceptors (Lipinski definition) is 5. The van der Waals surface area contributed by atoms with E-state index in [9.17, 15) is 13.2 Å². The molecule has 23 heavy (non-hydrogen) atoms. The van der Waals surface area contributed by atoms with Gasteiger partial charge in [-0.05, 0) is 30.4 Å². The lowest BCUT2D eigenvalue weighted by Crippen LogP contribution is -2.39. The number of hydrazine groups is 1. The first kappa shape index (κ1) is 14.9.